The molecular formula is C16H14BN2O2. The molecule has 4 nitrogen and oxygen atoms in total. The van der Waals surface area contributed by atoms with Gasteiger partial charge in [-0.3, -0.25) is 0 Å². The van der Waals surface area contributed by atoms with Gasteiger partial charge in [-0.15, -0.1) is 0 Å². The van der Waals surface area contributed by atoms with Crippen LogP contribution in [0, 0.1) is 0 Å². The zero-order valence-corrected chi connectivity index (χ0v) is 11.7. The molecule has 0 N–H and O–H groups in total. The minimum Gasteiger partial charge on any atom is -0.455 e. The average Bonchev–Trinajstić information content (AvgIpc) is 2.92. The molecule has 0 saturated heterocycles. The highest BCUT2D eigenvalue weighted by atomic mass is 16.5. The molecule has 0 amide bonds. The van der Waals surface area contributed by atoms with Crippen LogP contribution in [0.3, 0.4) is 0 Å². The molecular weight excluding hydrogens is 263 g/mol. The molecule has 2 aromatic carbocycles. The molecule has 0 aliphatic heterocycles. The van der Waals surface area contributed by atoms with Crippen LogP contribution >= 0.6 is 0 Å². The fourth-order valence-electron chi connectivity index (χ4n) is 2.24. The minimum atomic E-state index is -0.423. The molecule has 0 atom stereocenters. The zero-order chi connectivity index (χ0) is 14.7. The van der Waals surface area contributed by atoms with Gasteiger partial charge in [-0.05, 0) is 17.7 Å². The van der Waals surface area contributed by atoms with E-state index < -0.39 is 5.97 Å². The van der Waals surface area contributed by atoms with E-state index in [1.54, 1.807) is 4.48 Å². The largest absolute Gasteiger partial charge is 0.455 e. The Morgan fingerprint density at radius 2 is 1.86 bits per heavy atom. The summed E-state index contributed by atoms with van der Waals surface area (Å²) in [6.45, 7) is 2.11. The maximum atomic E-state index is 12.2. The smallest absolute Gasteiger partial charge is 0.373 e. The van der Waals surface area contributed by atoms with Gasteiger partial charge in [-0.25, -0.2) is 9.78 Å². The summed E-state index contributed by atoms with van der Waals surface area (Å²) >= 11 is 0. The number of nitrogens with zero attached hydrogens (tertiary/aromatic N) is 2. The number of rotatable bonds is 4. The lowest BCUT2D eigenvalue weighted by Gasteiger charge is -2.06. The van der Waals surface area contributed by atoms with Crippen LogP contribution in [0.5, 0.6) is 0 Å². The first kappa shape index (κ1) is 13.4. The van der Waals surface area contributed by atoms with Crippen LogP contribution in [-0.4, -0.2) is 22.8 Å². The van der Waals surface area contributed by atoms with Crippen molar-refractivity contribution in [2.75, 3.05) is 0 Å². The van der Waals surface area contributed by atoms with E-state index >= 15 is 0 Å². The number of carbonyl (C=O) groups is 1. The second-order valence-corrected chi connectivity index (χ2v) is 4.61. The molecule has 0 aliphatic carbocycles. The summed E-state index contributed by atoms with van der Waals surface area (Å²) < 4.78 is 7.10. The summed E-state index contributed by atoms with van der Waals surface area (Å²) in [4.78, 5) is 16.6. The Bertz CT molecular complexity index is 768. The van der Waals surface area contributed by atoms with Crippen molar-refractivity contribution in [2.45, 2.75) is 13.4 Å². The third-order valence-corrected chi connectivity index (χ3v) is 3.25. The molecule has 1 radical (unpaired) electrons. The summed E-state index contributed by atoms with van der Waals surface area (Å²) in [7, 11) is 1.81. The molecule has 3 aromatic rings. The van der Waals surface area contributed by atoms with Crippen molar-refractivity contribution in [1.82, 2.24) is 9.46 Å². The number of benzene rings is 2. The van der Waals surface area contributed by atoms with Crippen molar-refractivity contribution in [1.29, 1.82) is 0 Å². The summed E-state index contributed by atoms with van der Waals surface area (Å²) in [6.07, 6.45) is 0. The van der Waals surface area contributed by atoms with Crippen LogP contribution in [0.15, 0.2) is 54.6 Å². The second-order valence-electron chi connectivity index (χ2n) is 4.61. The molecule has 5 heteroatoms. The molecule has 1 aromatic heterocycles. The number of para-hydroxylation sites is 2. The molecule has 0 aliphatic rings. The van der Waals surface area contributed by atoms with Gasteiger partial charge in [0.1, 0.15) is 6.61 Å². The number of ether oxygens (including phenoxy) is 1. The van der Waals surface area contributed by atoms with Gasteiger partial charge >= 0.3 is 5.97 Å². The van der Waals surface area contributed by atoms with E-state index in [1.165, 1.54) is 0 Å². The molecule has 0 spiro atoms. The molecule has 0 saturated carbocycles. The molecule has 21 heavy (non-hydrogen) atoms. The van der Waals surface area contributed by atoms with Crippen molar-refractivity contribution in [3.63, 3.8) is 0 Å². The lowest BCUT2D eigenvalue weighted by Crippen LogP contribution is -2.15. The number of hydrogen-bond donors (Lipinski definition) is 0. The Labute approximate surface area is 123 Å². The molecule has 0 fully saturated rings. The van der Waals surface area contributed by atoms with Crippen LogP contribution < -0.4 is 0 Å². The summed E-state index contributed by atoms with van der Waals surface area (Å²) in [6, 6.07) is 17.2. The highest BCUT2D eigenvalue weighted by molar-refractivity contribution is 6.34. The number of aromatic nitrogens is 2. The van der Waals surface area contributed by atoms with E-state index in [0.29, 0.717) is 5.82 Å². The van der Waals surface area contributed by atoms with E-state index in [0.717, 1.165) is 16.6 Å². The molecule has 3 rings (SSSR count). The predicted molar refractivity (Wildman–Crippen MR) is 82.3 cm³/mol. The van der Waals surface area contributed by atoms with E-state index in [4.69, 9.17) is 4.74 Å². The average molecular weight is 277 g/mol. The highest BCUT2D eigenvalue weighted by Gasteiger charge is 2.17. The van der Waals surface area contributed by atoms with Crippen molar-refractivity contribution in [3.05, 3.63) is 66.0 Å². The third kappa shape index (κ3) is 2.67. The van der Waals surface area contributed by atoms with Crippen molar-refractivity contribution in [3.8, 4) is 0 Å². The number of imidazole rings is 1. The fraction of sp³-hybridized carbons (Fsp3) is 0.125. The SMILES string of the molecule is C[B]n1c(C(=O)OCc2ccccc2)nc2ccccc21. The monoisotopic (exact) mass is 277 g/mol. The number of esters is 1. The third-order valence-electron chi connectivity index (χ3n) is 3.25. The van der Waals surface area contributed by atoms with Crippen molar-refractivity contribution >= 4 is 24.4 Å². The molecule has 0 bridgehead atoms. The van der Waals surface area contributed by atoms with Gasteiger partial charge in [0.2, 0.25) is 5.82 Å². The van der Waals surface area contributed by atoms with Gasteiger partial charge in [0.15, 0.2) is 0 Å². The number of fused-ring (bicyclic) bond motifs is 1. The Kier molecular flexibility index (Phi) is 3.73. The Hall–Kier alpha value is -2.56. The standard InChI is InChI=1S/C16H14BN2O2/c1-17-19-14-10-6-5-9-13(14)18-15(19)16(20)21-11-12-7-3-2-4-8-12/h2-10H,11H2,1H3. The molecule has 1 heterocycles. The maximum absolute atomic E-state index is 12.2. The van der Waals surface area contributed by atoms with Gasteiger partial charge < -0.3 is 9.21 Å². The Morgan fingerprint density at radius 1 is 1.14 bits per heavy atom. The molecule has 103 valence electrons. The number of hydrogen-bond acceptors (Lipinski definition) is 3. The summed E-state index contributed by atoms with van der Waals surface area (Å²) in [5, 5.41) is 0. The van der Waals surface area contributed by atoms with Crippen LogP contribution in [0.25, 0.3) is 11.0 Å². The van der Waals surface area contributed by atoms with E-state index in [9.17, 15) is 4.79 Å². The van der Waals surface area contributed by atoms with E-state index in [1.807, 2.05) is 68.8 Å². The van der Waals surface area contributed by atoms with Gasteiger partial charge in [0, 0.05) is 0 Å². The first-order chi connectivity index (χ1) is 10.3. The fourth-order valence-corrected chi connectivity index (χ4v) is 2.24. The topological polar surface area (TPSA) is 44.1 Å². The lowest BCUT2D eigenvalue weighted by atomic mass is 9.98. The van der Waals surface area contributed by atoms with Gasteiger partial charge in [0.25, 0.3) is 7.41 Å². The quantitative estimate of drug-likeness (QED) is 0.544. The Morgan fingerprint density at radius 3 is 2.62 bits per heavy atom. The maximum Gasteiger partial charge on any atom is 0.373 e. The lowest BCUT2D eigenvalue weighted by molar-refractivity contribution is 0.0458. The van der Waals surface area contributed by atoms with E-state index in [-0.39, 0.29) is 6.61 Å². The number of carbonyl (C=O) groups excluding carboxylic acids is 1. The Balaban J connectivity index is 1.84. The first-order valence-corrected chi connectivity index (χ1v) is 6.77. The van der Waals surface area contributed by atoms with Gasteiger partial charge in [0.05, 0.1) is 11.0 Å². The highest BCUT2D eigenvalue weighted by Crippen LogP contribution is 2.16. The molecule has 0 unspecified atom stereocenters. The second kappa shape index (κ2) is 5.83. The van der Waals surface area contributed by atoms with Crippen LogP contribution in [-0.2, 0) is 11.3 Å². The minimum absolute atomic E-state index is 0.243. The van der Waals surface area contributed by atoms with Crippen LogP contribution in [0.1, 0.15) is 16.2 Å². The zero-order valence-electron chi connectivity index (χ0n) is 11.7. The normalized spacial score (nSPS) is 10.5. The summed E-state index contributed by atoms with van der Waals surface area (Å²) in [5.41, 5.74) is 2.63. The van der Waals surface area contributed by atoms with E-state index in [2.05, 4.69) is 4.98 Å². The van der Waals surface area contributed by atoms with Crippen LogP contribution in [0.4, 0.5) is 0 Å². The predicted octanol–water partition coefficient (Wildman–Crippen LogP) is 2.91. The van der Waals surface area contributed by atoms with Crippen molar-refractivity contribution in [2.24, 2.45) is 0 Å². The first-order valence-electron chi connectivity index (χ1n) is 6.77. The summed E-state index contributed by atoms with van der Waals surface area (Å²) in [5.74, 6) is -0.122. The van der Waals surface area contributed by atoms with Crippen molar-refractivity contribution < 1.29 is 9.53 Å². The van der Waals surface area contributed by atoms with Gasteiger partial charge in [-0.2, -0.15) is 0 Å². The van der Waals surface area contributed by atoms with Gasteiger partial charge in [-0.1, -0.05) is 49.3 Å². The van der Waals surface area contributed by atoms with Crippen LogP contribution in [0.2, 0.25) is 6.82 Å².